The molecule has 0 radical (unpaired) electrons. The Kier molecular flexibility index (Phi) is 6.81. The predicted octanol–water partition coefficient (Wildman–Crippen LogP) is -1.53. The van der Waals surface area contributed by atoms with E-state index < -0.39 is 30.1 Å². The van der Waals surface area contributed by atoms with Gasteiger partial charge in [0.15, 0.2) is 11.7 Å². The zero-order valence-corrected chi connectivity index (χ0v) is 12.4. The topological polar surface area (TPSA) is 104 Å². The first-order chi connectivity index (χ1) is 8.98. The average molecular weight is 289 g/mol. The number of carboxylic acids is 1. The summed E-state index contributed by atoms with van der Waals surface area (Å²) in [6.07, 6.45) is -0.798. The highest BCUT2D eigenvalue weighted by Gasteiger charge is 2.34. The number of quaternary nitrogens is 1. The number of rotatable bonds is 9. The van der Waals surface area contributed by atoms with Crippen molar-refractivity contribution in [2.75, 3.05) is 27.7 Å². The van der Waals surface area contributed by atoms with E-state index in [4.69, 9.17) is 4.74 Å². The number of ether oxygens (including phenoxy) is 1. The van der Waals surface area contributed by atoms with Crippen molar-refractivity contribution < 1.29 is 33.8 Å². The molecule has 1 N–H and O–H groups in total. The molecule has 7 heteroatoms. The van der Waals surface area contributed by atoms with Gasteiger partial charge >= 0.3 is 5.97 Å². The standard InChI is InChI=1S/C13H23NO6/c1-13(19,6-5-7-15)12(18)20-10(8-11(16)17)9-14(2,3)4/h7,10,19H,5-6,8-9H2,1-4H3/t10-,13-/m0/s1. The number of carbonyl (C=O) groups excluding carboxylic acids is 3. The minimum Gasteiger partial charge on any atom is -0.550 e. The molecule has 0 unspecified atom stereocenters. The molecule has 0 aliphatic rings. The molecule has 0 aromatic rings. The summed E-state index contributed by atoms with van der Waals surface area (Å²) in [5, 5.41) is 20.6. The lowest BCUT2D eigenvalue weighted by atomic mass is 10.0. The summed E-state index contributed by atoms with van der Waals surface area (Å²) in [6, 6.07) is 0. The van der Waals surface area contributed by atoms with Gasteiger partial charge in [-0.15, -0.1) is 0 Å². The van der Waals surface area contributed by atoms with Gasteiger partial charge in [-0.3, -0.25) is 0 Å². The molecule has 0 fully saturated rings. The van der Waals surface area contributed by atoms with Crippen LogP contribution in [0.2, 0.25) is 0 Å². The maximum Gasteiger partial charge on any atom is 0.338 e. The van der Waals surface area contributed by atoms with Gasteiger partial charge in [0.25, 0.3) is 0 Å². The van der Waals surface area contributed by atoms with E-state index in [-0.39, 0.29) is 19.4 Å². The second-order valence-corrected chi connectivity index (χ2v) is 6.06. The van der Waals surface area contributed by atoms with Crippen LogP contribution in [0.1, 0.15) is 26.2 Å². The second kappa shape index (κ2) is 7.35. The van der Waals surface area contributed by atoms with Crippen molar-refractivity contribution >= 4 is 18.2 Å². The fourth-order valence-corrected chi connectivity index (χ4v) is 1.66. The van der Waals surface area contributed by atoms with E-state index in [1.54, 1.807) is 0 Å². The minimum atomic E-state index is -1.81. The molecular formula is C13H23NO6. The zero-order valence-electron chi connectivity index (χ0n) is 12.4. The third-order valence-corrected chi connectivity index (χ3v) is 2.61. The molecule has 0 amide bonds. The van der Waals surface area contributed by atoms with Crippen molar-refractivity contribution in [3.05, 3.63) is 0 Å². The monoisotopic (exact) mass is 289 g/mol. The fourth-order valence-electron chi connectivity index (χ4n) is 1.66. The van der Waals surface area contributed by atoms with E-state index >= 15 is 0 Å². The Morgan fingerprint density at radius 2 is 1.95 bits per heavy atom. The second-order valence-electron chi connectivity index (χ2n) is 6.06. The number of aliphatic hydroxyl groups is 1. The van der Waals surface area contributed by atoms with E-state index in [0.29, 0.717) is 10.8 Å². The molecule has 0 rings (SSSR count). The number of carbonyl (C=O) groups is 3. The molecule has 0 aromatic heterocycles. The molecule has 0 saturated heterocycles. The van der Waals surface area contributed by atoms with E-state index in [9.17, 15) is 24.6 Å². The molecule has 0 spiro atoms. The lowest BCUT2D eigenvalue weighted by Crippen LogP contribution is -2.48. The molecular weight excluding hydrogens is 266 g/mol. The van der Waals surface area contributed by atoms with E-state index in [2.05, 4.69) is 0 Å². The molecule has 2 atom stereocenters. The van der Waals surface area contributed by atoms with Crippen LogP contribution in [-0.4, -0.2) is 67.2 Å². The molecule has 0 aromatic carbocycles. The summed E-state index contributed by atoms with van der Waals surface area (Å²) in [5.74, 6) is -2.26. The molecule has 0 bridgehead atoms. The Morgan fingerprint density at radius 1 is 1.40 bits per heavy atom. The number of hydrogen-bond donors (Lipinski definition) is 1. The van der Waals surface area contributed by atoms with Crippen LogP contribution < -0.4 is 5.11 Å². The smallest absolute Gasteiger partial charge is 0.338 e. The van der Waals surface area contributed by atoms with Crippen LogP contribution in [0.3, 0.4) is 0 Å². The van der Waals surface area contributed by atoms with Gasteiger partial charge in [-0.2, -0.15) is 0 Å². The lowest BCUT2D eigenvalue weighted by molar-refractivity contribution is -0.873. The SMILES string of the molecule is C[C@](O)(CCC=O)C(=O)O[C@@H](CC(=O)[O-])C[N+](C)(C)C. The van der Waals surface area contributed by atoms with Crippen LogP contribution in [0.15, 0.2) is 0 Å². The van der Waals surface area contributed by atoms with E-state index in [1.807, 2.05) is 21.1 Å². The Morgan fingerprint density at radius 3 is 2.35 bits per heavy atom. The average Bonchev–Trinajstić information content (AvgIpc) is 2.22. The van der Waals surface area contributed by atoms with E-state index in [0.717, 1.165) is 0 Å². The van der Waals surface area contributed by atoms with Crippen molar-refractivity contribution in [2.45, 2.75) is 37.9 Å². The number of hydrogen-bond acceptors (Lipinski definition) is 6. The molecule has 7 nitrogen and oxygen atoms in total. The minimum absolute atomic E-state index is 0.0165. The number of carboxylic acid groups (broad SMARTS) is 1. The van der Waals surface area contributed by atoms with Gasteiger partial charge in [0.2, 0.25) is 0 Å². The summed E-state index contributed by atoms with van der Waals surface area (Å²) >= 11 is 0. The van der Waals surface area contributed by atoms with Crippen molar-refractivity contribution in [3.63, 3.8) is 0 Å². The van der Waals surface area contributed by atoms with Gasteiger partial charge in [0.05, 0.1) is 21.1 Å². The highest BCUT2D eigenvalue weighted by Crippen LogP contribution is 2.16. The van der Waals surface area contributed by atoms with Crippen molar-refractivity contribution in [1.29, 1.82) is 0 Å². The normalized spacial score (nSPS) is 16.1. The highest BCUT2D eigenvalue weighted by molar-refractivity contribution is 5.79. The van der Waals surface area contributed by atoms with Crippen LogP contribution in [0.5, 0.6) is 0 Å². The molecule has 0 aliphatic heterocycles. The van der Waals surface area contributed by atoms with Crippen molar-refractivity contribution in [3.8, 4) is 0 Å². The Labute approximate surface area is 118 Å². The molecule has 116 valence electrons. The van der Waals surface area contributed by atoms with Crippen LogP contribution in [0.25, 0.3) is 0 Å². The van der Waals surface area contributed by atoms with E-state index in [1.165, 1.54) is 6.92 Å². The van der Waals surface area contributed by atoms with Gasteiger partial charge in [-0.05, 0) is 13.3 Å². The van der Waals surface area contributed by atoms with Gasteiger partial charge in [0, 0.05) is 18.8 Å². The van der Waals surface area contributed by atoms with Crippen LogP contribution >= 0.6 is 0 Å². The van der Waals surface area contributed by atoms with Gasteiger partial charge in [-0.1, -0.05) is 0 Å². The summed E-state index contributed by atoms with van der Waals surface area (Å²) in [5.41, 5.74) is -1.81. The van der Waals surface area contributed by atoms with Crippen molar-refractivity contribution in [1.82, 2.24) is 0 Å². The van der Waals surface area contributed by atoms with Crippen molar-refractivity contribution in [2.24, 2.45) is 0 Å². The number of likely N-dealkylation sites (N-methyl/N-ethyl adjacent to an activating group) is 1. The quantitative estimate of drug-likeness (QED) is 0.314. The molecule has 0 saturated carbocycles. The third-order valence-electron chi connectivity index (χ3n) is 2.61. The van der Waals surface area contributed by atoms with Gasteiger partial charge < -0.3 is 29.0 Å². The fraction of sp³-hybridized carbons (Fsp3) is 0.769. The van der Waals surface area contributed by atoms with Crippen LogP contribution in [0, 0.1) is 0 Å². The summed E-state index contributed by atoms with van der Waals surface area (Å²) < 4.78 is 5.45. The summed E-state index contributed by atoms with van der Waals surface area (Å²) in [6.45, 7) is 1.50. The lowest BCUT2D eigenvalue weighted by Gasteiger charge is -2.31. The van der Waals surface area contributed by atoms with Gasteiger partial charge in [-0.25, -0.2) is 4.79 Å². The molecule has 20 heavy (non-hydrogen) atoms. The Hall–Kier alpha value is -1.47. The largest absolute Gasteiger partial charge is 0.550 e. The maximum absolute atomic E-state index is 11.8. The number of aldehydes is 1. The Bertz CT molecular complexity index is 358. The zero-order chi connectivity index (χ0) is 16.0. The summed E-state index contributed by atoms with van der Waals surface area (Å²) in [7, 11) is 5.46. The maximum atomic E-state index is 11.8. The first kappa shape index (κ1) is 18.5. The number of aliphatic carboxylic acids is 1. The molecule has 0 aliphatic carbocycles. The predicted molar refractivity (Wildman–Crippen MR) is 68.3 cm³/mol. The number of nitrogens with zero attached hydrogens (tertiary/aromatic N) is 1. The first-order valence-corrected chi connectivity index (χ1v) is 6.35. The highest BCUT2D eigenvalue weighted by atomic mass is 16.6. The third kappa shape index (κ3) is 7.85. The summed E-state index contributed by atoms with van der Waals surface area (Å²) in [4.78, 5) is 32.8. The van der Waals surface area contributed by atoms with Gasteiger partial charge in [0.1, 0.15) is 12.8 Å². The number of esters is 1. The molecule has 0 heterocycles. The van der Waals surface area contributed by atoms with Crippen LogP contribution in [0.4, 0.5) is 0 Å². The first-order valence-electron chi connectivity index (χ1n) is 6.35. The van der Waals surface area contributed by atoms with Crippen LogP contribution in [-0.2, 0) is 19.1 Å². The Balaban J connectivity index is 4.74.